The highest BCUT2D eigenvalue weighted by atomic mass is 16.1. The fourth-order valence-electron chi connectivity index (χ4n) is 4.13. The summed E-state index contributed by atoms with van der Waals surface area (Å²) in [6, 6.07) is 25.6. The number of anilines is 2. The van der Waals surface area contributed by atoms with E-state index in [2.05, 4.69) is 40.3 Å². The first-order valence-corrected chi connectivity index (χ1v) is 9.99. The Labute approximate surface area is 175 Å². The van der Waals surface area contributed by atoms with E-state index in [-0.39, 0.29) is 11.9 Å². The van der Waals surface area contributed by atoms with E-state index in [1.807, 2.05) is 67.6 Å². The highest BCUT2D eigenvalue weighted by Gasteiger charge is 2.34. The number of fused-ring (bicyclic) bond motifs is 3. The molecule has 1 aliphatic rings. The van der Waals surface area contributed by atoms with E-state index in [0.29, 0.717) is 5.57 Å². The van der Waals surface area contributed by atoms with Crippen LogP contribution in [-0.4, -0.2) is 15.5 Å². The molecule has 1 atom stereocenters. The summed E-state index contributed by atoms with van der Waals surface area (Å²) in [7, 11) is 0. The summed E-state index contributed by atoms with van der Waals surface area (Å²) in [6.45, 7) is 4.00. The molecule has 1 aromatic heterocycles. The lowest BCUT2D eigenvalue weighted by Gasteiger charge is -2.31. The van der Waals surface area contributed by atoms with Crippen LogP contribution in [0.3, 0.4) is 0 Å². The second kappa shape index (κ2) is 7.19. The van der Waals surface area contributed by atoms with Crippen molar-refractivity contribution in [1.29, 1.82) is 0 Å². The quantitative estimate of drug-likeness (QED) is 0.497. The number of amides is 1. The average molecular weight is 394 g/mol. The predicted octanol–water partition coefficient (Wildman–Crippen LogP) is 5.27. The largest absolute Gasteiger partial charge is 0.329 e. The van der Waals surface area contributed by atoms with Gasteiger partial charge in [-0.1, -0.05) is 60.2 Å². The normalized spacial score (nSPS) is 15.6. The topological polar surface area (TPSA) is 59.0 Å². The van der Waals surface area contributed by atoms with Crippen molar-refractivity contribution in [3.05, 3.63) is 101 Å². The standard InChI is InChI=1S/C25H22N4O/c1-16-9-8-10-18(15-16)23-22(24(30)27-19-11-4-3-5-12-19)17(2)26-25-28-20-13-6-7-14-21(20)29(23)25/h3-15,23H,1-2H3,(H,26,28)(H,27,30)/t23-/m1/s1. The van der Waals surface area contributed by atoms with Crippen molar-refractivity contribution < 1.29 is 4.79 Å². The van der Waals surface area contributed by atoms with Gasteiger partial charge >= 0.3 is 0 Å². The van der Waals surface area contributed by atoms with Gasteiger partial charge in [0.05, 0.1) is 22.6 Å². The van der Waals surface area contributed by atoms with Crippen LogP contribution in [0, 0.1) is 6.92 Å². The molecule has 5 heteroatoms. The van der Waals surface area contributed by atoms with Crippen molar-refractivity contribution in [3.8, 4) is 0 Å². The molecule has 2 N–H and O–H groups in total. The third-order valence-electron chi connectivity index (χ3n) is 5.46. The van der Waals surface area contributed by atoms with Crippen LogP contribution in [0.5, 0.6) is 0 Å². The SMILES string of the molecule is CC1=C(C(=O)Nc2ccccc2)[C@@H](c2cccc(C)c2)n2c(nc3ccccc32)N1. The lowest BCUT2D eigenvalue weighted by Crippen LogP contribution is -2.30. The summed E-state index contributed by atoms with van der Waals surface area (Å²) in [5.74, 6) is 0.623. The van der Waals surface area contributed by atoms with Crippen LogP contribution >= 0.6 is 0 Å². The molecule has 0 aliphatic carbocycles. The summed E-state index contributed by atoms with van der Waals surface area (Å²) in [4.78, 5) is 18.2. The van der Waals surface area contributed by atoms with Crippen molar-refractivity contribution in [2.24, 2.45) is 0 Å². The second-order valence-corrected chi connectivity index (χ2v) is 7.59. The number of nitrogens with zero attached hydrogens (tertiary/aromatic N) is 2. The highest BCUT2D eigenvalue weighted by Crippen LogP contribution is 2.39. The molecule has 30 heavy (non-hydrogen) atoms. The molecule has 0 fully saturated rings. The summed E-state index contributed by atoms with van der Waals surface area (Å²) >= 11 is 0. The Kier molecular flexibility index (Phi) is 4.36. The number of carbonyl (C=O) groups is 1. The van der Waals surface area contributed by atoms with E-state index in [1.165, 1.54) is 0 Å². The molecule has 4 aromatic rings. The number of hydrogen-bond acceptors (Lipinski definition) is 3. The van der Waals surface area contributed by atoms with Gasteiger partial charge in [-0.05, 0) is 43.7 Å². The van der Waals surface area contributed by atoms with Crippen molar-refractivity contribution in [1.82, 2.24) is 9.55 Å². The van der Waals surface area contributed by atoms with Crippen LogP contribution in [-0.2, 0) is 4.79 Å². The number of aryl methyl sites for hydroxylation is 1. The van der Waals surface area contributed by atoms with Crippen LogP contribution in [0.2, 0.25) is 0 Å². The number of nitrogens with one attached hydrogen (secondary N) is 2. The van der Waals surface area contributed by atoms with Crippen LogP contribution in [0.1, 0.15) is 24.1 Å². The smallest absolute Gasteiger partial charge is 0.255 e. The number of hydrogen-bond donors (Lipinski definition) is 2. The molecule has 5 nitrogen and oxygen atoms in total. The maximum atomic E-state index is 13.5. The first-order chi connectivity index (χ1) is 14.6. The zero-order valence-electron chi connectivity index (χ0n) is 16.9. The van der Waals surface area contributed by atoms with Crippen LogP contribution in [0.4, 0.5) is 11.6 Å². The molecule has 0 saturated heterocycles. The minimum absolute atomic E-state index is 0.124. The van der Waals surface area contributed by atoms with Gasteiger partial charge < -0.3 is 10.6 Å². The number of rotatable bonds is 3. The average Bonchev–Trinajstić information content (AvgIpc) is 3.11. The molecule has 1 amide bonds. The molecule has 3 aromatic carbocycles. The zero-order chi connectivity index (χ0) is 20.7. The monoisotopic (exact) mass is 394 g/mol. The molecule has 0 bridgehead atoms. The molecule has 2 heterocycles. The Bertz CT molecular complexity index is 1290. The molecule has 1 aliphatic heterocycles. The lowest BCUT2D eigenvalue weighted by atomic mass is 9.93. The van der Waals surface area contributed by atoms with Gasteiger partial charge in [-0.25, -0.2) is 4.98 Å². The van der Waals surface area contributed by atoms with Crippen molar-refractivity contribution in [2.75, 3.05) is 10.6 Å². The van der Waals surface area contributed by atoms with Crippen LogP contribution in [0.25, 0.3) is 11.0 Å². The Morgan fingerprint density at radius 2 is 1.73 bits per heavy atom. The summed E-state index contributed by atoms with van der Waals surface area (Å²) < 4.78 is 2.12. The van der Waals surface area contributed by atoms with E-state index < -0.39 is 0 Å². The molecule has 0 spiro atoms. The number of imidazole rings is 1. The fourth-order valence-corrected chi connectivity index (χ4v) is 4.13. The van der Waals surface area contributed by atoms with Crippen LogP contribution < -0.4 is 10.6 Å². The Morgan fingerprint density at radius 1 is 0.967 bits per heavy atom. The Morgan fingerprint density at radius 3 is 2.53 bits per heavy atom. The minimum atomic E-state index is -0.280. The molecule has 0 unspecified atom stereocenters. The third-order valence-corrected chi connectivity index (χ3v) is 5.46. The third kappa shape index (κ3) is 3.05. The molecule has 0 radical (unpaired) electrons. The Balaban J connectivity index is 1.69. The molecule has 0 saturated carbocycles. The first-order valence-electron chi connectivity index (χ1n) is 9.99. The summed E-state index contributed by atoms with van der Waals surface area (Å²) in [5.41, 5.74) is 6.35. The minimum Gasteiger partial charge on any atom is -0.329 e. The van der Waals surface area contributed by atoms with E-state index in [1.54, 1.807) is 0 Å². The highest BCUT2D eigenvalue weighted by molar-refractivity contribution is 6.06. The van der Waals surface area contributed by atoms with Gasteiger partial charge in [-0.15, -0.1) is 0 Å². The lowest BCUT2D eigenvalue weighted by molar-refractivity contribution is -0.113. The predicted molar refractivity (Wildman–Crippen MR) is 120 cm³/mol. The van der Waals surface area contributed by atoms with Gasteiger partial charge in [0.1, 0.15) is 0 Å². The van der Waals surface area contributed by atoms with Gasteiger partial charge in [0.25, 0.3) is 5.91 Å². The number of benzene rings is 3. The maximum absolute atomic E-state index is 13.5. The second-order valence-electron chi connectivity index (χ2n) is 7.59. The zero-order valence-corrected chi connectivity index (χ0v) is 16.9. The van der Waals surface area contributed by atoms with E-state index >= 15 is 0 Å². The van der Waals surface area contributed by atoms with Gasteiger partial charge in [0, 0.05) is 11.4 Å². The molecular weight excluding hydrogens is 372 g/mol. The number of aromatic nitrogens is 2. The molecular formula is C25H22N4O. The van der Waals surface area contributed by atoms with Crippen LogP contribution in [0.15, 0.2) is 90.1 Å². The van der Waals surface area contributed by atoms with E-state index in [4.69, 9.17) is 4.98 Å². The van der Waals surface area contributed by atoms with Gasteiger partial charge in [0.15, 0.2) is 0 Å². The Hall–Kier alpha value is -3.86. The summed E-state index contributed by atoms with van der Waals surface area (Å²) in [6.07, 6.45) is 0. The van der Waals surface area contributed by atoms with Gasteiger partial charge in [-0.2, -0.15) is 0 Å². The van der Waals surface area contributed by atoms with E-state index in [9.17, 15) is 4.79 Å². The summed E-state index contributed by atoms with van der Waals surface area (Å²) in [5, 5.41) is 6.41. The first kappa shape index (κ1) is 18.2. The van der Waals surface area contributed by atoms with E-state index in [0.717, 1.165) is 39.5 Å². The van der Waals surface area contributed by atoms with Crippen molar-refractivity contribution in [2.45, 2.75) is 19.9 Å². The molecule has 148 valence electrons. The van der Waals surface area contributed by atoms with Gasteiger partial charge in [-0.3, -0.25) is 9.36 Å². The fraction of sp³-hybridized carbons (Fsp3) is 0.120. The van der Waals surface area contributed by atoms with Crippen molar-refractivity contribution in [3.63, 3.8) is 0 Å². The van der Waals surface area contributed by atoms with Crippen molar-refractivity contribution >= 4 is 28.6 Å². The number of para-hydroxylation sites is 3. The molecule has 5 rings (SSSR count). The number of allylic oxidation sites excluding steroid dienone is 1. The maximum Gasteiger partial charge on any atom is 0.255 e. The number of carbonyl (C=O) groups excluding carboxylic acids is 1. The van der Waals surface area contributed by atoms with Gasteiger partial charge in [0.2, 0.25) is 5.95 Å².